The van der Waals surface area contributed by atoms with E-state index < -0.39 is 0 Å². The van der Waals surface area contributed by atoms with Gasteiger partial charge in [-0.15, -0.1) is 0 Å². The molecule has 1 fully saturated rings. The number of rotatable bonds is 7. The molecule has 1 atom stereocenters. The lowest BCUT2D eigenvalue weighted by Crippen LogP contribution is -2.48. The Balaban J connectivity index is 1.53. The van der Waals surface area contributed by atoms with Crippen molar-refractivity contribution in [1.82, 2.24) is 9.80 Å². The van der Waals surface area contributed by atoms with Crippen molar-refractivity contribution >= 4 is 29.1 Å². The average Bonchev–Trinajstić information content (AvgIpc) is 2.72. The second-order valence-electron chi connectivity index (χ2n) is 7.59. The van der Waals surface area contributed by atoms with Gasteiger partial charge in [-0.3, -0.25) is 14.5 Å². The minimum Gasteiger partial charge on any atom is -0.335 e. The van der Waals surface area contributed by atoms with E-state index in [1.165, 1.54) is 16.9 Å². The fraction of sp³-hybridized carbons (Fsp3) is 0.391. The van der Waals surface area contributed by atoms with E-state index in [1.54, 1.807) is 31.3 Å². The number of nitrogens with zero attached hydrogens (tertiary/aromatic N) is 2. The van der Waals surface area contributed by atoms with Crippen LogP contribution in [0.2, 0.25) is 5.02 Å². The van der Waals surface area contributed by atoms with Gasteiger partial charge in [0.05, 0.1) is 23.8 Å². The Morgan fingerprint density at radius 3 is 2.59 bits per heavy atom. The van der Waals surface area contributed by atoms with Gasteiger partial charge in [-0.05, 0) is 43.5 Å². The number of piperidine rings is 1. The Labute approximate surface area is 177 Å². The molecule has 29 heavy (non-hydrogen) atoms. The first-order chi connectivity index (χ1) is 14.0. The van der Waals surface area contributed by atoms with Gasteiger partial charge in [-0.2, -0.15) is 0 Å². The molecule has 2 amide bonds. The Morgan fingerprint density at radius 2 is 1.83 bits per heavy atom. The number of hydrogen-bond donors (Lipinski definition) is 1. The first-order valence-corrected chi connectivity index (χ1v) is 10.5. The van der Waals surface area contributed by atoms with Gasteiger partial charge in [0.15, 0.2) is 0 Å². The number of carbonyl (C=O) groups excluding carboxylic acids is 2. The van der Waals surface area contributed by atoms with E-state index in [4.69, 9.17) is 11.6 Å². The van der Waals surface area contributed by atoms with Gasteiger partial charge < -0.3 is 10.2 Å². The average molecular weight is 414 g/mol. The number of anilines is 1. The topological polar surface area (TPSA) is 52.7 Å². The van der Waals surface area contributed by atoms with Crippen molar-refractivity contribution in [2.24, 2.45) is 0 Å². The maximum atomic E-state index is 12.7. The Kier molecular flexibility index (Phi) is 7.67. The molecule has 0 radical (unpaired) electrons. The van der Waals surface area contributed by atoms with Crippen molar-refractivity contribution in [2.75, 3.05) is 32.0 Å². The van der Waals surface area contributed by atoms with Crippen LogP contribution >= 0.6 is 11.6 Å². The normalized spacial score (nSPS) is 17.0. The largest absolute Gasteiger partial charge is 0.335 e. The summed E-state index contributed by atoms with van der Waals surface area (Å²) in [5.74, 6) is -0.298. The summed E-state index contributed by atoms with van der Waals surface area (Å²) >= 11 is 6.08. The lowest BCUT2D eigenvalue weighted by Gasteiger charge is -2.36. The Hall–Kier alpha value is -2.37. The van der Waals surface area contributed by atoms with Gasteiger partial charge in [-0.25, -0.2) is 0 Å². The number of benzene rings is 2. The quantitative estimate of drug-likeness (QED) is 0.750. The molecule has 1 aliphatic heterocycles. The number of hydrogen-bond acceptors (Lipinski definition) is 3. The molecule has 1 saturated heterocycles. The minimum atomic E-state index is -0.256. The van der Waals surface area contributed by atoms with Crippen molar-refractivity contribution < 1.29 is 9.59 Å². The molecule has 0 aliphatic carbocycles. The van der Waals surface area contributed by atoms with Gasteiger partial charge in [0, 0.05) is 13.1 Å². The van der Waals surface area contributed by atoms with E-state index >= 15 is 0 Å². The van der Waals surface area contributed by atoms with Crippen LogP contribution in [0.4, 0.5) is 5.69 Å². The van der Waals surface area contributed by atoms with E-state index in [0.29, 0.717) is 23.3 Å². The van der Waals surface area contributed by atoms with Crippen LogP contribution in [-0.2, 0) is 16.0 Å². The van der Waals surface area contributed by atoms with Crippen LogP contribution in [0.25, 0.3) is 0 Å². The molecule has 6 heteroatoms. The van der Waals surface area contributed by atoms with Crippen LogP contribution in [-0.4, -0.2) is 54.3 Å². The zero-order valence-corrected chi connectivity index (χ0v) is 17.6. The van der Waals surface area contributed by atoms with Crippen LogP contribution in [0, 0.1) is 0 Å². The van der Waals surface area contributed by atoms with Crippen LogP contribution in [0.15, 0.2) is 54.6 Å². The monoisotopic (exact) mass is 413 g/mol. The molecule has 0 unspecified atom stereocenters. The summed E-state index contributed by atoms with van der Waals surface area (Å²) < 4.78 is 0. The standard InChI is InChI=1S/C23H28ClN3O2/c1-26(16-22(28)25-21-13-6-5-12-20(21)24)23(29)17-27-14-8-7-11-19(27)15-18-9-3-2-4-10-18/h2-6,9-10,12-13,19H,7-8,11,14-17H2,1H3,(H,25,28)/t19-/m1/s1. The number of likely N-dealkylation sites (tertiary alicyclic amines) is 1. The molecular formula is C23H28ClN3O2. The highest BCUT2D eigenvalue weighted by atomic mass is 35.5. The molecule has 0 spiro atoms. The summed E-state index contributed by atoms with van der Waals surface area (Å²) in [4.78, 5) is 28.8. The highest BCUT2D eigenvalue weighted by Crippen LogP contribution is 2.21. The third-order valence-corrected chi connectivity index (χ3v) is 5.69. The molecule has 5 nitrogen and oxygen atoms in total. The molecule has 1 N–H and O–H groups in total. The van der Waals surface area contributed by atoms with Crippen LogP contribution in [0.3, 0.4) is 0 Å². The summed E-state index contributed by atoms with van der Waals surface area (Å²) in [6, 6.07) is 17.8. The number of carbonyl (C=O) groups is 2. The molecular weight excluding hydrogens is 386 g/mol. The zero-order valence-electron chi connectivity index (χ0n) is 16.8. The second kappa shape index (κ2) is 10.4. The van der Waals surface area contributed by atoms with E-state index in [0.717, 1.165) is 25.8 Å². The second-order valence-corrected chi connectivity index (χ2v) is 7.99. The van der Waals surface area contributed by atoms with Gasteiger partial charge in [0.2, 0.25) is 11.8 Å². The summed E-state index contributed by atoms with van der Waals surface area (Å²) in [5.41, 5.74) is 1.85. The van der Waals surface area contributed by atoms with E-state index in [-0.39, 0.29) is 18.4 Å². The first-order valence-electron chi connectivity index (χ1n) is 10.1. The molecule has 1 heterocycles. The zero-order chi connectivity index (χ0) is 20.6. The van der Waals surface area contributed by atoms with Crippen molar-refractivity contribution in [2.45, 2.75) is 31.7 Å². The number of halogens is 1. The SMILES string of the molecule is CN(CC(=O)Nc1ccccc1Cl)C(=O)CN1CCCC[C@@H]1Cc1ccccc1. The van der Waals surface area contributed by atoms with Gasteiger partial charge in [0.1, 0.15) is 0 Å². The third-order valence-electron chi connectivity index (χ3n) is 5.36. The number of amides is 2. The van der Waals surface area contributed by atoms with Gasteiger partial charge >= 0.3 is 0 Å². The van der Waals surface area contributed by atoms with Gasteiger partial charge in [0.25, 0.3) is 0 Å². The smallest absolute Gasteiger partial charge is 0.244 e. The third kappa shape index (κ3) is 6.31. The van der Waals surface area contributed by atoms with Gasteiger partial charge in [-0.1, -0.05) is 60.5 Å². The van der Waals surface area contributed by atoms with Crippen LogP contribution in [0.5, 0.6) is 0 Å². The minimum absolute atomic E-state index is 0.00124. The summed E-state index contributed by atoms with van der Waals surface area (Å²) in [5, 5.41) is 3.24. The maximum Gasteiger partial charge on any atom is 0.244 e. The lowest BCUT2D eigenvalue weighted by molar-refractivity contribution is -0.135. The molecule has 3 rings (SSSR count). The molecule has 154 valence electrons. The molecule has 0 saturated carbocycles. The lowest BCUT2D eigenvalue weighted by atomic mass is 9.95. The Morgan fingerprint density at radius 1 is 1.10 bits per heavy atom. The highest BCUT2D eigenvalue weighted by Gasteiger charge is 2.26. The van der Waals surface area contributed by atoms with E-state index in [2.05, 4.69) is 34.5 Å². The summed E-state index contributed by atoms with van der Waals surface area (Å²) in [7, 11) is 1.67. The van der Waals surface area contributed by atoms with Crippen molar-refractivity contribution in [3.05, 3.63) is 65.2 Å². The summed E-state index contributed by atoms with van der Waals surface area (Å²) in [6.07, 6.45) is 4.34. The van der Waals surface area contributed by atoms with Crippen molar-refractivity contribution in [1.29, 1.82) is 0 Å². The van der Waals surface area contributed by atoms with Crippen LogP contribution < -0.4 is 5.32 Å². The molecule has 2 aromatic rings. The van der Waals surface area contributed by atoms with E-state index in [9.17, 15) is 9.59 Å². The molecule has 0 bridgehead atoms. The number of para-hydroxylation sites is 1. The number of likely N-dealkylation sites (N-methyl/N-ethyl adjacent to an activating group) is 1. The summed E-state index contributed by atoms with van der Waals surface area (Å²) in [6.45, 7) is 1.26. The van der Waals surface area contributed by atoms with Crippen molar-refractivity contribution in [3.63, 3.8) is 0 Å². The predicted octanol–water partition coefficient (Wildman–Crippen LogP) is 3.83. The predicted molar refractivity (Wildman–Crippen MR) is 117 cm³/mol. The highest BCUT2D eigenvalue weighted by molar-refractivity contribution is 6.33. The molecule has 0 aromatic heterocycles. The maximum absolute atomic E-state index is 12.7. The number of nitrogens with one attached hydrogen (secondary N) is 1. The fourth-order valence-electron chi connectivity index (χ4n) is 3.74. The molecule has 1 aliphatic rings. The van der Waals surface area contributed by atoms with Crippen LogP contribution in [0.1, 0.15) is 24.8 Å². The Bertz CT molecular complexity index is 828. The first kappa shape index (κ1) is 21.3. The van der Waals surface area contributed by atoms with Crippen molar-refractivity contribution in [3.8, 4) is 0 Å². The fourth-order valence-corrected chi connectivity index (χ4v) is 3.92. The molecule has 2 aromatic carbocycles. The van der Waals surface area contributed by atoms with E-state index in [1.807, 2.05) is 6.07 Å².